The van der Waals surface area contributed by atoms with Gasteiger partial charge in [-0.2, -0.15) is 0 Å². The summed E-state index contributed by atoms with van der Waals surface area (Å²) >= 11 is 3.34. The average molecular weight is 322 g/mol. The zero-order valence-corrected chi connectivity index (χ0v) is 12.2. The van der Waals surface area contributed by atoms with Gasteiger partial charge in [0.15, 0.2) is 5.75 Å². The molecule has 1 aromatic heterocycles. The van der Waals surface area contributed by atoms with Crippen LogP contribution in [-0.2, 0) is 11.3 Å². The molecule has 1 aromatic carbocycles. The van der Waals surface area contributed by atoms with Gasteiger partial charge in [-0.25, -0.2) is 4.98 Å². The van der Waals surface area contributed by atoms with Crippen molar-refractivity contribution in [2.45, 2.75) is 13.0 Å². The fraction of sp³-hybridized carbons (Fsp3) is 0.267. The first-order valence-corrected chi connectivity index (χ1v) is 7.00. The standard InChI is InChI=1S/C15H16BrNO2/c16-15-14(8-4-9-17-15)19-11-5-10-18-12-13-6-2-1-3-7-13/h1-4,6-9H,5,10-12H2. The quantitative estimate of drug-likeness (QED) is 0.573. The summed E-state index contributed by atoms with van der Waals surface area (Å²) in [4.78, 5) is 4.09. The molecule has 0 fully saturated rings. The van der Waals surface area contributed by atoms with Crippen LogP contribution < -0.4 is 4.74 Å². The van der Waals surface area contributed by atoms with Crippen molar-refractivity contribution in [3.63, 3.8) is 0 Å². The Labute approximate surface area is 121 Å². The van der Waals surface area contributed by atoms with Gasteiger partial charge in [-0.3, -0.25) is 0 Å². The van der Waals surface area contributed by atoms with E-state index in [1.165, 1.54) is 5.56 Å². The third kappa shape index (κ3) is 5.01. The number of halogens is 1. The molecule has 0 aliphatic rings. The van der Waals surface area contributed by atoms with Gasteiger partial charge in [0.1, 0.15) is 4.60 Å². The smallest absolute Gasteiger partial charge is 0.152 e. The van der Waals surface area contributed by atoms with Crippen molar-refractivity contribution < 1.29 is 9.47 Å². The summed E-state index contributed by atoms with van der Waals surface area (Å²) in [5, 5.41) is 0. The number of aromatic nitrogens is 1. The molecular formula is C15H16BrNO2. The number of hydrogen-bond acceptors (Lipinski definition) is 3. The molecule has 3 nitrogen and oxygen atoms in total. The number of pyridine rings is 1. The van der Waals surface area contributed by atoms with E-state index in [9.17, 15) is 0 Å². The molecule has 0 aliphatic heterocycles. The lowest BCUT2D eigenvalue weighted by molar-refractivity contribution is 0.107. The maximum absolute atomic E-state index is 5.60. The van der Waals surface area contributed by atoms with Crippen LogP contribution in [0.1, 0.15) is 12.0 Å². The lowest BCUT2D eigenvalue weighted by atomic mass is 10.2. The van der Waals surface area contributed by atoms with Gasteiger partial charge in [0.05, 0.1) is 19.8 Å². The van der Waals surface area contributed by atoms with Crippen LogP contribution in [0.3, 0.4) is 0 Å². The minimum Gasteiger partial charge on any atom is -0.491 e. The van der Waals surface area contributed by atoms with E-state index in [0.29, 0.717) is 19.8 Å². The van der Waals surface area contributed by atoms with E-state index in [1.807, 2.05) is 30.3 Å². The Morgan fingerprint density at radius 1 is 1.00 bits per heavy atom. The fourth-order valence-electron chi connectivity index (χ4n) is 1.59. The highest BCUT2D eigenvalue weighted by molar-refractivity contribution is 9.10. The molecule has 1 heterocycles. The zero-order valence-electron chi connectivity index (χ0n) is 10.6. The van der Waals surface area contributed by atoms with Crippen molar-refractivity contribution in [1.82, 2.24) is 4.98 Å². The maximum Gasteiger partial charge on any atom is 0.152 e. The molecule has 0 unspecified atom stereocenters. The van der Waals surface area contributed by atoms with E-state index in [1.54, 1.807) is 6.20 Å². The van der Waals surface area contributed by atoms with Crippen LogP contribution in [0, 0.1) is 0 Å². The van der Waals surface area contributed by atoms with E-state index < -0.39 is 0 Å². The van der Waals surface area contributed by atoms with Crippen molar-refractivity contribution >= 4 is 15.9 Å². The van der Waals surface area contributed by atoms with Gasteiger partial charge in [-0.1, -0.05) is 30.3 Å². The fourth-order valence-corrected chi connectivity index (χ4v) is 1.95. The molecule has 19 heavy (non-hydrogen) atoms. The number of benzene rings is 1. The van der Waals surface area contributed by atoms with Crippen molar-refractivity contribution in [3.8, 4) is 5.75 Å². The monoisotopic (exact) mass is 321 g/mol. The first kappa shape index (κ1) is 14.0. The summed E-state index contributed by atoms with van der Waals surface area (Å²) in [5.41, 5.74) is 1.19. The SMILES string of the molecule is Brc1ncccc1OCCCOCc1ccccc1. The Kier molecular flexibility index (Phi) is 5.85. The third-order valence-electron chi connectivity index (χ3n) is 2.53. The number of ether oxygens (including phenoxy) is 2. The summed E-state index contributed by atoms with van der Waals surface area (Å²) in [6.07, 6.45) is 2.58. The van der Waals surface area contributed by atoms with Gasteiger partial charge >= 0.3 is 0 Å². The first-order valence-electron chi connectivity index (χ1n) is 6.21. The Balaban J connectivity index is 1.59. The molecule has 0 spiro atoms. The Hall–Kier alpha value is -1.39. The molecule has 0 amide bonds. The van der Waals surface area contributed by atoms with E-state index in [-0.39, 0.29) is 0 Å². The molecule has 0 atom stereocenters. The van der Waals surface area contributed by atoms with Crippen LogP contribution in [0.4, 0.5) is 0 Å². The topological polar surface area (TPSA) is 31.4 Å². The predicted molar refractivity (Wildman–Crippen MR) is 78.1 cm³/mol. The van der Waals surface area contributed by atoms with Gasteiger partial charge < -0.3 is 9.47 Å². The minimum absolute atomic E-state index is 0.624. The van der Waals surface area contributed by atoms with Gasteiger partial charge in [0.2, 0.25) is 0 Å². The van der Waals surface area contributed by atoms with E-state index in [0.717, 1.165) is 16.8 Å². The van der Waals surface area contributed by atoms with Gasteiger partial charge in [0.25, 0.3) is 0 Å². The first-order chi connectivity index (χ1) is 9.36. The maximum atomic E-state index is 5.60. The van der Waals surface area contributed by atoms with Crippen molar-refractivity contribution in [3.05, 3.63) is 58.8 Å². The average Bonchev–Trinajstić information content (AvgIpc) is 2.45. The molecule has 2 aromatic rings. The van der Waals surface area contributed by atoms with Crippen LogP contribution in [-0.4, -0.2) is 18.2 Å². The van der Waals surface area contributed by atoms with Gasteiger partial charge in [-0.15, -0.1) is 0 Å². The second-order valence-corrected chi connectivity index (χ2v) is 4.78. The van der Waals surface area contributed by atoms with Crippen LogP contribution in [0.15, 0.2) is 53.3 Å². The second kappa shape index (κ2) is 7.92. The molecule has 4 heteroatoms. The highest BCUT2D eigenvalue weighted by Gasteiger charge is 2.00. The van der Waals surface area contributed by atoms with Crippen LogP contribution in [0.2, 0.25) is 0 Å². The predicted octanol–water partition coefficient (Wildman–Crippen LogP) is 3.83. The number of rotatable bonds is 7. The molecule has 0 radical (unpaired) electrons. The number of hydrogen-bond donors (Lipinski definition) is 0. The number of nitrogens with zero attached hydrogens (tertiary/aromatic N) is 1. The molecule has 0 N–H and O–H groups in total. The lowest BCUT2D eigenvalue weighted by Gasteiger charge is -2.07. The molecule has 0 aliphatic carbocycles. The second-order valence-electron chi connectivity index (χ2n) is 4.03. The van der Waals surface area contributed by atoms with Crippen molar-refractivity contribution in [2.75, 3.05) is 13.2 Å². The molecule has 0 saturated carbocycles. The molecule has 0 saturated heterocycles. The van der Waals surface area contributed by atoms with E-state index in [2.05, 4.69) is 33.0 Å². The van der Waals surface area contributed by atoms with Crippen LogP contribution >= 0.6 is 15.9 Å². The third-order valence-corrected chi connectivity index (χ3v) is 3.12. The minimum atomic E-state index is 0.624. The lowest BCUT2D eigenvalue weighted by Crippen LogP contribution is -2.03. The van der Waals surface area contributed by atoms with Gasteiger partial charge in [0, 0.05) is 12.6 Å². The Morgan fingerprint density at radius 2 is 1.84 bits per heavy atom. The molecule has 100 valence electrons. The highest BCUT2D eigenvalue weighted by atomic mass is 79.9. The summed E-state index contributed by atoms with van der Waals surface area (Å²) in [6.45, 7) is 1.96. The highest BCUT2D eigenvalue weighted by Crippen LogP contribution is 2.20. The normalized spacial score (nSPS) is 10.4. The summed E-state index contributed by atoms with van der Waals surface area (Å²) in [6, 6.07) is 13.9. The molecule has 2 rings (SSSR count). The van der Waals surface area contributed by atoms with E-state index >= 15 is 0 Å². The Bertz CT molecular complexity index is 491. The molecular weight excluding hydrogens is 306 g/mol. The molecule has 0 bridgehead atoms. The van der Waals surface area contributed by atoms with Crippen molar-refractivity contribution in [2.24, 2.45) is 0 Å². The zero-order chi connectivity index (χ0) is 13.3. The largest absolute Gasteiger partial charge is 0.491 e. The van der Waals surface area contributed by atoms with Crippen LogP contribution in [0.25, 0.3) is 0 Å². The summed E-state index contributed by atoms with van der Waals surface area (Å²) < 4.78 is 11.9. The summed E-state index contributed by atoms with van der Waals surface area (Å²) in [7, 11) is 0. The van der Waals surface area contributed by atoms with Crippen molar-refractivity contribution in [1.29, 1.82) is 0 Å². The van der Waals surface area contributed by atoms with Crippen LogP contribution in [0.5, 0.6) is 5.75 Å². The summed E-state index contributed by atoms with van der Waals surface area (Å²) in [5.74, 6) is 0.769. The van der Waals surface area contributed by atoms with Gasteiger partial charge in [-0.05, 0) is 33.6 Å². The van der Waals surface area contributed by atoms with E-state index in [4.69, 9.17) is 9.47 Å². The Morgan fingerprint density at radius 3 is 2.63 bits per heavy atom.